The second kappa shape index (κ2) is 7.79. The number of nitrogens with zero attached hydrogens (tertiary/aromatic N) is 1. The van der Waals surface area contributed by atoms with Crippen molar-refractivity contribution in [3.63, 3.8) is 0 Å². The molecule has 5 nitrogen and oxygen atoms in total. The van der Waals surface area contributed by atoms with E-state index < -0.39 is 5.92 Å². The minimum atomic E-state index is -0.395. The maximum Gasteiger partial charge on any atom is 0.229 e. The van der Waals surface area contributed by atoms with Gasteiger partial charge in [-0.1, -0.05) is 17.7 Å². The number of rotatable bonds is 5. The Kier molecular flexibility index (Phi) is 5.47. The van der Waals surface area contributed by atoms with Crippen LogP contribution in [0.25, 0.3) is 0 Å². The van der Waals surface area contributed by atoms with E-state index in [0.29, 0.717) is 17.3 Å². The summed E-state index contributed by atoms with van der Waals surface area (Å²) in [6.07, 6.45) is 0.283. The van der Waals surface area contributed by atoms with Gasteiger partial charge in [0.2, 0.25) is 11.8 Å². The summed E-state index contributed by atoms with van der Waals surface area (Å²) in [7, 11) is 0. The topological polar surface area (TPSA) is 58.6 Å². The van der Waals surface area contributed by atoms with Crippen LogP contribution in [0.5, 0.6) is 5.75 Å². The molecular weight excluding hydrogens is 352 g/mol. The number of amides is 2. The standard InChI is InChI=1S/C20H21ClN2O3/c1-13(2)26-18-8-6-17(7-9-18)23-12-14(10-19(23)24)20(25)22-16-5-3-4-15(21)11-16/h3-9,11,13-14H,10,12H2,1-2H3,(H,22,25)/t14-/m0/s1. The van der Waals surface area contributed by atoms with Crippen molar-refractivity contribution in [2.45, 2.75) is 26.4 Å². The van der Waals surface area contributed by atoms with Crippen LogP contribution in [0.3, 0.4) is 0 Å². The number of hydrogen-bond donors (Lipinski definition) is 1. The van der Waals surface area contributed by atoms with Crippen LogP contribution in [-0.2, 0) is 9.59 Å². The summed E-state index contributed by atoms with van der Waals surface area (Å²) in [6.45, 7) is 4.28. The molecule has 26 heavy (non-hydrogen) atoms. The first kappa shape index (κ1) is 18.3. The molecule has 136 valence electrons. The predicted molar refractivity (Wildman–Crippen MR) is 103 cm³/mol. The van der Waals surface area contributed by atoms with E-state index in [-0.39, 0.29) is 24.3 Å². The predicted octanol–water partition coefficient (Wildman–Crippen LogP) is 4.12. The largest absolute Gasteiger partial charge is 0.491 e. The van der Waals surface area contributed by atoms with Gasteiger partial charge in [-0.3, -0.25) is 9.59 Å². The molecule has 1 aliphatic rings. The zero-order chi connectivity index (χ0) is 18.7. The SMILES string of the molecule is CC(C)Oc1ccc(N2C[C@@H](C(=O)Nc3cccc(Cl)c3)CC2=O)cc1. The lowest BCUT2D eigenvalue weighted by molar-refractivity contribution is -0.122. The Balaban J connectivity index is 1.65. The number of halogens is 1. The highest BCUT2D eigenvalue weighted by atomic mass is 35.5. The number of carbonyl (C=O) groups excluding carboxylic acids is 2. The summed E-state index contributed by atoms with van der Waals surface area (Å²) in [4.78, 5) is 26.5. The minimum Gasteiger partial charge on any atom is -0.491 e. The molecule has 6 heteroatoms. The molecule has 0 bridgehead atoms. The molecule has 3 rings (SSSR count). The van der Waals surface area contributed by atoms with E-state index in [2.05, 4.69) is 5.32 Å². The third kappa shape index (κ3) is 4.35. The third-order valence-corrected chi connectivity index (χ3v) is 4.34. The highest BCUT2D eigenvalue weighted by Crippen LogP contribution is 2.28. The first-order valence-corrected chi connectivity index (χ1v) is 8.93. The lowest BCUT2D eigenvalue weighted by atomic mass is 10.1. The van der Waals surface area contributed by atoms with Gasteiger partial charge in [0, 0.05) is 29.4 Å². The first-order valence-electron chi connectivity index (χ1n) is 8.56. The molecule has 2 aromatic rings. The maximum atomic E-state index is 12.5. The fraction of sp³-hybridized carbons (Fsp3) is 0.300. The molecule has 0 aliphatic carbocycles. The Morgan fingerprint density at radius 3 is 2.62 bits per heavy atom. The molecule has 1 saturated heterocycles. The summed E-state index contributed by atoms with van der Waals surface area (Å²) in [5, 5.41) is 3.38. The van der Waals surface area contributed by atoms with Crippen molar-refractivity contribution in [3.05, 3.63) is 53.6 Å². The van der Waals surface area contributed by atoms with E-state index in [1.54, 1.807) is 29.2 Å². The van der Waals surface area contributed by atoms with Gasteiger partial charge in [0.1, 0.15) is 5.75 Å². The number of ether oxygens (including phenoxy) is 1. The van der Waals surface area contributed by atoms with Crippen molar-refractivity contribution < 1.29 is 14.3 Å². The van der Waals surface area contributed by atoms with Crippen LogP contribution >= 0.6 is 11.6 Å². The summed E-state index contributed by atoms with van der Waals surface area (Å²) >= 11 is 5.93. The van der Waals surface area contributed by atoms with Crippen molar-refractivity contribution in [2.75, 3.05) is 16.8 Å². The van der Waals surface area contributed by atoms with E-state index in [1.165, 1.54) is 0 Å². The van der Waals surface area contributed by atoms with Crippen LogP contribution in [0.2, 0.25) is 5.02 Å². The molecule has 0 unspecified atom stereocenters. The normalized spacial score (nSPS) is 16.8. The quantitative estimate of drug-likeness (QED) is 0.858. The van der Waals surface area contributed by atoms with Gasteiger partial charge in [0.25, 0.3) is 0 Å². The van der Waals surface area contributed by atoms with Crippen LogP contribution in [-0.4, -0.2) is 24.5 Å². The second-order valence-electron chi connectivity index (χ2n) is 6.57. The molecule has 1 atom stereocenters. The van der Waals surface area contributed by atoms with E-state index in [4.69, 9.17) is 16.3 Å². The van der Waals surface area contributed by atoms with Gasteiger partial charge in [-0.05, 0) is 56.3 Å². The Labute approximate surface area is 157 Å². The van der Waals surface area contributed by atoms with E-state index >= 15 is 0 Å². The summed E-state index contributed by atoms with van der Waals surface area (Å²) in [5.41, 5.74) is 1.40. The molecule has 0 radical (unpaired) electrons. The number of anilines is 2. The molecule has 0 saturated carbocycles. The van der Waals surface area contributed by atoms with Gasteiger partial charge in [-0.25, -0.2) is 0 Å². The van der Waals surface area contributed by atoms with Crippen LogP contribution in [0.4, 0.5) is 11.4 Å². The first-order chi connectivity index (χ1) is 12.4. The Morgan fingerprint density at radius 2 is 1.96 bits per heavy atom. The molecule has 1 fully saturated rings. The average Bonchev–Trinajstić information content (AvgIpc) is 2.97. The molecule has 1 aliphatic heterocycles. The van der Waals surface area contributed by atoms with Crippen molar-refractivity contribution in [1.29, 1.82) is 0 Å². The van der Waals surface area contributed by atoms with Crippen molar-refractivity contribution >= 4 is 34.8 Å². The van der Waals surface area contributed by atoms with Gasteiger partial charge in [0.05, 0.1) is 12.0 Å². The number of carbonyl (C=O) groups is 2. The smallest absolute Gasteiger partial charge is 0.229 e. The van der Waals surface area contributed by atoms with Crippen LogP contribution in [0.15, 0.2) is 48.5 Å². The summed E-state index contributed by atoms with van der Waals surface area (Å²) in [5.74, 6) is 0.121. The number of hydrogen-bond acceptors (Lipinski definition) is 3. The lowest BCUT2D eigenvalue weighted by Gasteiger charge is -2.18. The van der Waals surface area contributed by atoms with E-state index in [0.717, 1.165) is 11.4 Å². The molecule has 0 aromatic heterocycles. The van der Waals surface area contributed by atoms with Crippen molar-refractivity contribution in [3.8, 4) is 5.75 Å². The lowest BCUT2D eigenvalue weighted by Crippen LogP contribution is -2.28. The highest BCUT2D eigenvalue weighted by molar-refractivity contribution is 6.30. The third-order valence-electron chi connectivity index (χ3n) is 4.11. The fourth-order valence-corrected chi connectivity index (χ4v) is 3.11. The second-order valence-corrected chi connectivity index (χ2v) is 7.00. The van der Waals surface area contributed by atoms with Gasteiger partial charge < -0.3 is 15.0 Å². The zero-order valence-corrected chi connectivity index (χ0v) is 15.5. The van der Waals surface area contributed by atoms with Crippen molar-refractivity contribution in [1.82, 2.24) is 0 Å². The van der Waals surface area contributed by atoms with E-state index in [1.807, 2.05) is 38.1 Å². The Hall–Kier alpha value is -2.53. The monoisotopic (exact) mass is 372 g/mol. The molecule has 2 aromatic carbocycles. The molecule has 0 spiro atoms. The van der Waals surface area contributed by atoms with Crippen LogP contribution in [0.1, 0.15) is 20.3 Å². The number of nitrogens with one attached hydrogen (secondary N) is 1. The van der Waals surface area contributed by atoms with Gasteiger partial charge >= 0.3 is 0 Å². The van der Waals surface area contributed by atoms with Crippen molar-refractivity contribution in [2.24, 2.45) is 5.92 Å². The zero-order valence-electron chi connectivity index (χ0n) is 14.7. The average molecular weight is 373 g/mol. The van der Waals surface area contributed by atoms with Gasteiger partial charge in [-0.2, -0.15) is 0 Å². The maximum absolute atomic E-state index is 12.5. The summed E-state index contributed by atoms with van der Waals surface area (Å²) < 4.78 is 5.62. The molecule has 1 N–H and O–H groups in total. The number of benzene rings is 2. The van der Waals surface area contributed by atoms with Gasteiger partial charge in [0.15, 0.2) is 0 Å². The highest BCUT2D eigenvalue weighted by Gasteiger charge is 2.35. The Bertz CT molecular complexity index is 805. The molecule has 1 heterocycles. The van der Waals surface area contributed by atoms with Crippen LogP contribution in [0, 0.1) is 5.92 Å². The Morgan fingerprint density at radius 1 is 1.23 bits per heavy atom. The fourth-order valence-electron chi connectivity index (χ4n) is 2.92. The molecular formula is C20H21ClN2O3. The molecule has 2 amide bonds. The summed E-state index contributed by atoms with van der Waals surface area (Å²) in [6, 6.07) is 14.3. The van der Waals surface area contributed by atoms with E-state index in [9.17, 15) is 9.59 Å². The minimum absolute atomic E-state index is 0.0613. The van der Waals surface area contributed by atoms with Crippen LogP contribution < -0.4 is 15.0 Å². The van der Waals surface area contributed by atoms with Gasteiger partial charge in [-0.15, -0.1) is 0 Å².